The van der Waals surface area contributed by atoms with Crippen molar-refractivity contribution >= 4 is 29.0 Å². The van der Waals surface area contributed by atoms with E-state index in [-0.39, 0.29) is 12.0 Å². The highest BCUT2D eigenvalue weighted by Crippen LogP contribution is 2.19. The standard InChI is InChI=1S/C19H22N2O3S/c1-12-5-6-15(18(22)24-4)11-17(12)21-19(25)20-13(2)14-7-9-16(23-3)10-8-14/h5-11,13H,1-4H3,(H2,20,21,25)/t13-/m1/s1. The number of thiocarbonyl (C=S) groups is 1. The Morgan fingerprint density at radius 2 is 1.80 bits per heavy atom. The molecule has 132 valence electrons. The van der Waals surface area contributed by atoms with E-state index in [4.69, 9.17) is 21.7 Å². The number of hydrogen-bond acceptors (Lipinski definition) is 4. The number of carbonyl (C=O) groups is 1. The molecular formula is C19H22N2O3S. The van der Waals surface area contributed by atoms with E-state index in [1.54, 1.807) is 19.2 Å². The van der Waals surface area contributed by atoms with Crippen LogP contribution in [0.1, 0.15) is 34.5 Å². The molecule has 0 radical (unpaired) electrons. The van der Waals surface area contributed by atoms with E-state index >= 15 is 0 Å². The fourth-order valence-electron chi connectivity index (χ4n) is 2.33. The summed E-state index contributed by atoms with van der Waals surface area (Å²) in [6.45, 7) is 3.96. The Morgan fingerprint density at radius 1 is 1.12 bits per heavy atom. The zero-order chi connectivity index (χ0) is 18.4. The monoisotopic (exact) mass is 358 g/mol. The van der Waals surface area contributed by atoms with Crippen LogP contribution in [-0.2, 0) is 4.74 Å². The van der Waals surface area contributed by atoms with Gasteiger partial charge in [0.05, 0.1) is 25.8 Å². The third kappa shape index (κ3) is 4.93. The number of hydrogen-bond donors (Lipinski definition) is 2. The zero-order valence-corrected chi connectivity index (χ0v) is 15.6. The molecule has 0 aliphatic heterocycles. The number of esters is 1. The molecule has 0 aromatic heterocycles. The maximum absolute atomic E-state index is 11.7. The highest BCUT2D eigenvalue weighted by atomic mass is 32.1. The van der Waals surface area contributed by atoms with E-state index < -0.39 is 0 Å². The minimum absolute atomic E-state index is 0.0231. The van der Waals surface area contributed by atoms with E-state index in [9.17, 15) is 4.79 Å². The summed E-state index contributed by atoms with van der Waals surface area (Å²) in [6, 6.07) is 13.1. The summed E-state index contributed by atoms with van der Waals surface area (Å²) in [6.07, 6.45) is 0. The lowest BCUT2D eigenvalue weighted by Gasteiger charge is -2.19. The molecule has 25 heavy (non-hydrogen) atoms. The van der Waals surface area contributed by atoms with Gasteiger partial charge in [-0.1, -0.05) is 18.2 Å². The van der Waals surface area contributed by atoms with Crippen LogP contribution in [0.3, 0.4) is 0 Å². The highest BCUT2D eigenvalue weighted by molar-refractivity contribution is 7.80. The molecule has 0 heterocycles. The third-order valence-electron chi connectivity index (χ3n) is 3.87. The van der Waals surface area contributed by atoms with Gasteiger partial charge >= 0.3 is 5.97 Å². The van der Waals surface area contributed by atoms with Crippen LogP contribution in [0.15, 0.2) is 42.5 Å². The van der Waals surface area contributed by atoms with Gasteiger partial charge in [-0.15, -0.1) is 0 Å². The summed E-state index contributed by atoms with van der Waals surface area (Å²) in [5.41, 5.74) is 3.31. The van der Waals surface area contributed by atoms with Crippen molar-refractivity contribution in [2.45, 2.75) is 19.9 Å². The SMILES string of the molecule is COC(=O)c1ccc(C)c(NC(=S)N[C@H](C)c2ccc(OC)cc2)c1. The predicted octanol–water partition coefficient (Wildman–Crippen LogP) is 3.84. The van der Waals surface area contributed by atoms with E-state index in [1.807, 2.05) is 44.2 Å². The summed E-state index contributed by atoms with van der Waals surface area (Å²) in [4.78, 5) is 11.7. The maximum Gasteiger partial charge on any atom is 0.337 e. The maximum atomic E-state index is 11.7. The predicted molar refractivity (Wildman–Crippen MR) is 103 cm³/mol. The fraction of sp³-hybridized carbons (Fsp3) is 0.263. The van der Waals surface area contributed by atoms with Crippen LogP contribution in [0.5, 0.6) is 5.75 Å². The summed E-state index contributed by atoms with van der Waals surface area (Å²) < 4.78 is 9.92. The largest absolute Gasteiger partial charge is 0.497 e. The molecule has 2 N–H and O–H groups in total. The number of carbonyl (C=O) groups excluding carboxylic acids is 1. The van der Waals surface area contributed by atoms with Crippen molar-refractivity contribution in [3.63, 3.8) is 0 Å². The van der Waals surface area contributed by atoms with Gasteiger partial charge in [0.2, 0.25) is 0 Å². The Hall–Kier alpha value is -2.60. The minimum atomic E-state index is -0.381. The summed E-state index contributed by atoms with van der Waals surface area (Å²) in [5, 5.41) is 6.86. The van der Waals surface area contributed by atoms with Gasteiger partial charge in [0.1, 0.15) is 5.75 Å². The number of benzene rings is 2. The van der Waals surface area contributed by atoms with Crippen LogP contribution in [0.25, 0.3) is 0 Å². The van der Waals surface area contributed by atoms with E-state index in [1.165, 1.54) is 7.11 Å². The lowest BCUT2D eigenvalue weighted by atomic mass is 10.1. The number of anilines is 1. The van der Waals surface area contributed by atoms with E-state index in [0.717, 1.165) is 22.6 Å². The van der Waals surface area contributed by atoms with Crippen molar-refractivity contribution in [1.82, 2.24) is 5.32 Å². The molecule has 0 saturated carbocycles. The lowest BCUT2D eigenvalue weighted by molar-refractivity contribution is 0.0601. The van der Waals surface area contributed by atoms with Gasteiger partial charge < -0.3 is 20.1 Å². The Balaban J connectivity index is 2.05. The van der Waals surface area contributed by atoms with Crippen LogP contribution in [0.4, 0.5) is 5.69 Å². The quantitative estimate of drug-likeness (QED) is 0.626. The van der Waals surface area contributed by atoms with Gasteiger partial charge in [-0.2, -0.15) is 0 Å². The minimum Gasteiger partial charge on any atom is -0.497 e. The highest BCUT2D eigenvalue weighted by Gasteiger charge is 2.11. The van der Waals surface area contributed by atoms with Gasteiger partial charge in [-0.25, -0.2) is 4.79 Å². The second-order valence-electron chi connectivity index (χ2n) is 5.61. The van der Waals surface area contributed by atoms with Crippen LogP contribution >= 0.6 is 12.2 Å². The van der Waals surface area contributed by atoms with Crippen molar-refractivity contribution in [1.29, 1.82) is 0 Å². The summed E-state index contributed by atoms with van der Waals surface area (Å²) in [5.74, 6) is 0.431. The topological polar surface area (TPSA) is 59.6 Å². The van der Waals surface area contributed by atoms with E-state index in [0.29, 0.717) is 10.7 Å². The Labute approximate surface area is 153 Å². The smallest absolute Gasteiger partial charge is 0.337 e. The molecule has 0 aliphatic carbocycles. The number of methoxy groups -OCH3 is 2. The van der Waals surface area contributed by atoms with Gasteiger partial charge in [-0.05, 0) is 61.5 Å². The Kier molecular flexibility index (Phi) is 6.36. The lowest BCUT2D eigenvalue weighted by Crippen LogP contribution is -2.31. The zero-order valence-electron chi connectivity index (χ0n) is 14.8. The molecule has 0 unspecified atom stereocenters. The van der Waals surface area contributed by atoms with Crippen LogP contribution in [0, 0.1) is 6.92 Å². The van der Waals surface area contributed by atoms with E-state index in [2.05, 4.69) is 10.6 Å². The molecule has 6 heteroatoms. The van der Waals surface area contributed by atoms with Crippen LogP contribution < -0.4 is 15.4 Å². The molecule has 0 bridgehead atoms. The van der Waals surface area contributed by atoms with Crippen molar-refractivity contribution in [2.75, 3.05) is 19.5 Å². The first-order valence-corrected chi connectivity index (χ1v) is 8.26. The fourth-order valence-corrected chi connectivity index (χ4v) is 2.62. The van der Waals surface area contributed by atoms with Gasteiger partial charge in [-0.3, -0.25) is 0 Å². The van der Waals surface area contributed by atoms with Gasteiger partial charge in [0.15, 0.2) is 5.11 Å². The second-order valence-corrected chi connectivity index (χ2v) is 6.02. The first-order valence-electron chi connectivity index (χ1n) is 7.85. The van der Waals surface area contributed by atoms with Crippen LogP contribution in [0.2, 0.25) is 0 Å². The number of ether oxygens (including phenoxy) is 2. The summed E-state index contributed by atoms with van der Waals surface area (Å²) in [7, 11) is 3.00. The molecule has 0 aliphatic rings. The van der Waals surface area contributed by atoms with Gasteiger partial charge in [0.25, 0.3) is 0 Å². The number of nitrogens with one attached hydrogen (secondary N) is 2. The molecule has 2 rings (SSSR count). The van der Waals surface area contributed by atoms with Crippen molar-refractivity contribution in [2.24, 2.45) is 0 Å². The molecule has 0 amide bonds. The van der Waals surface area contributed by atoms with Crippen LogP contribution in [-0.4, -0.2) is 25.3 Å². The summed E-state index contributed by atoms with van der Waals surface area (Å²) >= 11 is 5.39. The average Bonchev–Trinajstić information content (AvgIpc) is 2.62. The van der Waals surface area contributed by atoms with Crippen molar-refractivity contribution < 1.29 is 14.3 Å². The number of rotatable bonds is 5. The molecule has 2 aromatic carbocycles. The van der Waals surface area contributed by atoms with Crippen molar-refractivity contribution in [3.05, 3.63) is 59.2 Å². The molecule has 0 spiro atoms. The molecular weight excluding hydrogens is 336 g/mol. The Morgan fingerprint density at radius 3 is 2.40 bits per heavy atom. The molecule has 1 atom stereocenters. The van der Waals surface area contributed by atoms with Crippen molar-refractivity contribution in [3.8, 4) is 5.75 Å². The normalized spacial score (nSPS) is 11.4. The molecule has 5 nitrogen and oxygen atoms in total. The first kappa shape index (κ1) is 18.7. The molecule has 0 saturated heterocycles. The van der Waals surface area contributed by atoms with Gasteiger partial charge in [0, 0.05) is 5.69 Å². The average molecular weight is 358 g/mol. The second kappa shape index (κ2) is 8.48. The number of aryl methyl sites for hydroxylation is 1. The first-order chi connectivity index (χ1) is 11.9. The third-order valence-corrected chi connectivity index (χ3v) is 4.09. The molecule has 2 aromatic rings. The Bertz CT molecular complexity index is 760. The molecule has 0 fully saturated rings.